The summed E-state index contributed by atoms with van der Waals surface area (Å²) in [6.07, 6.45) is 9.73. The van der Waals surface area contributed by atoms with Gasteiger partial charge >= 0.3 is 0 Å². The van der Waals surface area contributed by atoms with Crippen molar-refractivity contribution in [1.29, 1.82) is 0 Å². The molecule has 3 amide bonds. The second kappa shape index (κ2) is 10.9. The molecule has 4 aliphatic heterocycles. The summed E-state index contributed by atoms with van der Waals surface area (Å²) in [6.45, 7) is 10.0. The molecule has 6 rings (SSSR count). The Kier molecular flexibility index (Phi) is 7.51. The Bertz CT molecular complexity index is 1180. The number of ether oxygens (including phenoxy) is 1. The van der Waals surface area contributed by atoms with Gasteiger partial charge in [0.05, 0.1) is 17.9 Å². The van der Waals surface area contributed by atoms with Crippen molar-refractivity contribution in [3.63, 3.8) is 0 Å². The Morgan fingerprint density at radius 1 is 1.07 bits per heavy atom. The van der Waals surface area contributed by atoms with Crippen molar-refractivity contribution in [2.45, 2.75) is 83.1 Å². The molecule has 1 spiro atoms. The summed E-state index contributed by atoms with van der Waals surface area (Å²) >= 11 is 0. The molecule has 0 unspecified atom stereocenters. The maximum Gasteiger partial charge on any atom is 0.246 e. The van der Waals surface area contributed by atoms with Gasteiger partial charge in [0.2, 0.25) is 17.7 Å². The number of aryl methyl sites for hydroxylation is 1. The molecule has 1 aromatic rings. The predicted octanol–water partition coefficient (Wildman–Crippen LogP) is 3.51. The van der Waals surface area contributed by atoms with Crippen LogP contribution in [0.3, 0.4) is 0 Å². The summed E-state index contributed by atoms with van der Waals surface area (Å²) in [5, 5.41) is 6.37. The van der Waals surface area contributed by atoms with E-state index in [4.69, 9.17) is 4.74 Å². The highest BCUT2D eigenvalue weighted by molar-refractivity contribution is 6.02. The van der Waals surface area contributed by atoms with Gasteiger partial charge in [0, 0.05) is 18.3 Å². The number of carbonyl (C=O) groups excluding carboxylic acids is 3. The third-order valence-electron chi connectivity index (χ3n) is 10.3. The van der Waals surface area contributed by atoms with Crippen molar-refractivity contribution >= 4 is 23.4 Å². The normalized spacial score (nSPS) is 36.7. The van der Waals surface area contributed by atoms with E-state index >= 15 is 0 Å². The zero-order valence-corrected chi connectivity index (χ0v) is 24.1. The topological polar surface area (TPSA) is 91.0 Å². The first kappa shape index (κ1) is 27.5. The van der Waals surface area contributed by atoms with E-state index in [2.05, 4.69) is 29.4 Å². The average Bonchev–Trinajstić information content (AvgIpc) is 3.70. The first-order valence-electron chi connectivity index (χ1n) is 15.4. The second-order valence-electron chi connectivity index (χ2n) is 12.9. The van der Waals surface area contributed by atoms with E-state index in [1.165, 1.54) is 19.3 Å². The lowest BCUT2D eigenvalue weighted by molar-refractivity contribution is -0.141. The lowest BCUT2D eigenvalue weighted by atomic mass is 9.73. The molecule has 1 aliphatic carbocycles. The number of amides is 3. The zero-order chi connectivity index (χ0) is 28.0. The molecule has 1 aromatic carbocycles. The van der Waals surface area contributed by atoms with Gasteiger partial charge in [0.1, 0.15) is 11.6 Å². The standard InChI is InChI=1S/C32H44N4O4/c1-20-9-6-11-23(19-20)33-29(37)26-25-13-14-32(40-25)27(26)31(39)36(18-8-17-35-15-4-5-16-35)28(32)30(38)34-24-12-7-10-21(2)22(24)3/h6,9,11,13-14,19,21-22,24-28H,4-5,7-8,10,12,15-18H2,1-3H3,(H,33,37)(H,34,38)/t21-,22+,24-,25-,26+,27-,28-,32-/m1/s1. The van der Waals surface area contributed by atoms with Crippen LogP contribution in [-0.2, 0) is 19.1 Å². The maximum atomic E-state index is 14.2. The largest absolute Gasteiger partial charge is 0.359 e. The van der Waals surface area contributed by atoms with Crippen molar-refractivity contribution in [2.24, 2.45) is 23.7 Å². The van der Waals surface area contributed by atoms with Gasteiger partial charge in [-0.15, -0.1) is 0 Å². The molecule has 4 fully saturated rings. The van der Waals surface area contributed by atoms with E-state index in [-0.39, 0.29) is 23.8 Å². The molecule has 4 heterocycles. The highest BCUT2D eigenvalue weighted by Crippen LogP contribution is 2.55. The number of nitrogens with zero attached hydrogens (tertiary/aromatic N) is 2. The van der Waals surface area contributed by atoms with Crippen LogP contribution < -0.4 is 10.6 Å². The molecule has 0 radical (unpaired) electrons. The molecule has 0 aromatic heterocycles. The SMILES string of the molecule is Cc1cccc(NC(=O)[C@H]2[C@H]3C=C[C@@]4(O3)[C@H]2C(=O)N(CCCN2CCCC2)[C@@H]4C(=O)N[C@@H]2CCC[C@@H](C)[C@@H]2C)c1. The second-order valence-corrected chi connectivity index (χ2v) is 12.9. The van der Waals surface area contributed by atoms with E-state index in [0.717, 1.165) is 44.5 Å². The number of hydrogen-bond donors (Lipinski definition) is 2. The number of anilines is 1. The molecule has 8 nitrogen and oxygen atoms in total. The fraction of sp³-hybridized carbons (Fsp3) is 0.656. The van der Waals surface area contributed by atoms with Gasteiger partial charge in [-0.2, -0.15) is 0 Å². The van der Waals surface area contributed by atoms with Crippen LogP contribution in [0.5, 0.6) is 0 Å². The highest BCUT2D eigenvalue weighted by Gasteiger charge is 2.72. The number of likely N-dealkylation sites (tertiary alicyclic amines) is 2. The fourth-order valence-corrected chi connectivity index (χ4v) is 7.97. The van der Waals surface area contributed by atoms with Gasteiger partial charge in [0.25, 0.3) is 0 Å². The van der Waals surface area contributed by atoms with Crippen molar-refractivity contribution in [3.8, 4) is 0 Å². The van der Waals surface area contributed by atoms with Crippen LogP contribution in [-0.4, -0.2) is 77.5 Å². The Morgan fingerprint density at radius 2 is 1.88 bits per heavy atom. The van der Waals surface area contributed by atoms with Crippen molar-refractivity contribution in [1.82, 2.24) is 15.1 Å². The van der Waals surface area contributed by atoms with Crippen LogP contribution in [0.1, 0.15) is 57.9 Å². The number of benzene rings is 1. The van der Waals surface area contributed by atoms with E-state index < -0.39 is 29.6 Å². The Morgan fingerprint density at radius 3 is 2.65 bits per heavy atom. The molecule has 1 saturated carbocycles. The van der Waals surface area contributed by atoms with Crippen LogP contribution in [0, 0.1) is 30.6 Å². The van der Waals surface area contributed by atoms with Crippen molar-refractivity contribution in [3.05, 3.63) is 42.0 Å². The summed E-state index contributed by atoms with van der Waals surface area (Å²) in [4.78, 5) is 46.2. The quantitative estimate of drug-likeness (QED) is 0.486. The van der Waals surface area contributed by atoms with E-state index in [0.29, 0.717) is 24.1 Å². The van der Waals surface area contributed by atoms with E-state index in [1.54, 1.807) is 4.90 Å². The Balaban J connectivity index is 1.26. The molecule has 8 atom stereocenters. The summed E-state index contributed by atoms with van der Waals surface area (Å²) in [7, 11) is 0. The van der Waals surface area contributed by atoms with Gasteiger partial charge < -0.3 is 25.2 Å². The molecule has 216 valence electrons. The molecule has 5 aliphatic rings. The molecule has 3 saturated heterocycles. The van der Waals surface area contributed by atoms with E-state index in [1.807, 2.05) is 43.3 Å². The lowest BCUT2D eigenvalue weighted by Crippen LogP contribution is -2.58. The number of rotatable bonds is 8. The first-order valence-corrected chi connectivity index (χ1v) is 15.4. The smallest absolute Gasteiger partial charge is 0.246 e. The van der Waals surface area contributed by atoms with Gasteiger partial charge in [-0.05, 0) is 81.8 Å². The summed E-state index contributed by atoms with van der Waals surface area (Å²) in [6, 6.07) is 6.96. The van der Waals surface area contributed by atoms with Crippen LogP contribution >= 0.6 is 0 Å². The van der Waals surface area contributed by atoms with Crippen LogP contribution in [0.15, 0.2) is 36.4 Å². The summed E-state index contributed by atoms with van der Waals surface area (Å²) < 4.78 is 6.52. The minimum Gasteiger partial charge on any atom is -0.359 e. The molecular formula is C32H44N4O4. The van der Waals surface area contributed by atoms with Gasteiger partial charge in [-0.3, -0.25) is 14.4 Å². The van der Waals surface area contributed by atoms with Gasteiger partial charge in [-0.1, -0.05) is 51.0 Å². The Hall–Kier alpha value is -2.71. The fourth-order valence-electron chi connectivity index (χ4n) is 7.97. The number of nitrogens with one attached hydrogen (secondary N) is 2. The lowest BCUT2D eigenvalue weighted by Gasteiger charge is -2.38. The van der Waals surface area contributed by atoms with Crippen LogP contribution in [0.2, 0.25) is 0 Å². The minimum atomic E-state index is -1.11. The molecule has 40 heavy (non-hydrogen) atoms. The highest BCUT2D eigenvalue weighted by atomic mass is 16.5. The van der Waals surface area contributed by atoms with Gasteiger partial charge in [0.15, 0.2) is 0 Å². The number of carbonyl (C=O) groups is 3. The van der Waals surface area contributed by atoms with E-state index in [9.17, 15) is 14.4 Å². The summed E-state index contributed by atoms with van der Waals surface area (Å²) in [5.74, 6) is -0.984. The van der Waals surface area contributed by atoms with Crippen molar-refractivity contribution < 1.29 is 19.1 Å². The maximum absolute atomic E-state index is 14.2. The zero-order valence-electron chi connectivity index (χ0n) is 24.1. The predicted molar refractivity (Wildman–Crippen MR) is 153 cm³/mol. The van der Waals surface area contributed by atoms with Gasteiger partial charge in [-0.25, -0.2) is 0 Å². The van der Waals surface area contributed by atoms with Crippen LogP contribution in [0.4, 0.5) is 5.69 Å². The minimum absolute atomic E-state index is 0.0799. The molecular weight excluding hydrogens is 504 g/mol. The molecule has 8 heteroatoms. The van der Waals surface area contributed by atoms with Crippen LogP contribution in [0.25, 0.3) is 0 Å². The first-order chi connectivity index (χ1) is 19.3. The molecule has 2 N–H and O–H groups in total. The average molecular weight is 549 g/mol. The third kappa shape index (κ3) is 4.77. The number of hydrogen-bond acceptors (Lipinski definition) is 5. The van der Waals surface area contributed by atoms with Crippen molar-refractivity contribution in [2.75, 3.05) is 31.5 Å². The Labute approximate surface area is 237 Å². The summed E-state index contributed by atoms with van der Waals surface area (Å²) in [5.41, 5.74) is 0.633. The molecule has 2 bridgehead atoms. The third-order valence-corrected chi connectivity index (χ3v) is 10.3. The monoisotopic (exact) mass is 548 g/mol. The number of fused-ring (bicyclic) bond motifs is 1.